The Hall–Kier alpha value is -1.64. The molecule has 2 N–H and O–H groups in total. The first-order valence-electron chi connectivity index (χ1n) is 5.79. The van der Waals surface area contributed by atoms with E-state index in [9.17, 15) is 4.79 Å². The van der Waals surface area contributed by atoms with Gasteiger partial charge in [0.05, 0.1) is 4.88 Å². The first-order chi connectivity index (χ1) is 9.29. The third-order valence-electron chi connectivity index (χ3n) is 2.58. The highest BCUT2D eigenvalue weighted by atomic mass is 32.1. The zero-order valence-corrected chi connectivity index (χ0v) is 11.6. The maximum Gasteiger partial charge on any atom is 0.302 e. The van der Waals surface area contributed by atoms with Crippen molar-refractivity contribution >= 4 is 27.6 Å². The molecular weight excluding hydrogens is 282 g/mol. The highest BCUT2D eigenvalue weighted by Gasteiger charge is 2.13. The number of nitrogens with two attached hydrogens (primary N) is 1. The molecule has 0 amide bonds. The number of aryl methyl sites for hydroxylation is 1. The van der Waals surface area contributed by atoms with E-state index in [4.69, 9.17) is 5.73 Å². The Kier molecular flexibility index (Phi) is 3.36. The summed E-state index contributed by atoms with van der Waals surface area (Å²) in [4.78, 5) is 13.6. The zero-order chi connectivity index (χ0) is 13.2. The van der Waals surface area contributed by atoms with Crippen LogP contribution in [0.4, 0.5) is 0 Å². The molecular formula is C11H11N5OS2. The summed E-state index contributed by atoms with van der Waals surface area (Å²) in [6, 6.07) is 3.73. The molecule has 0 aromatic carbocycles. The van der Waals surface area contributed by atoms with Crippen molar-refractivity contribution in [1.82, 2.24) is 19.8 Å². The van der Waals surface area contributed by atoms with Crippen LogP contribution >= 0.6 is 22.7 Å². The molecule has 0 aliphatic carbocycles. The summed E-state index contributed by atoms with van der Waals surface area (Å²) in [6.07, 6.45) is 1.61. The summed E-state index contributed by atoms with van der Waals surface area (Å²) >= 11 is 2.85. The fourth-order valence-electron chi connectivity index (χ4n) is 1.68. The van der Waals surface area contributed by atoms with Crippen LogP contribution in [0.2, 0.25) is 0 Å². The minimum Gasteiger partial charge on any atom is -0.330 e. The van der Waals surface area contributed by atoms with E-state index in [-0.39, 0.29) is 5.56 Å². The van der Waals surface area contributed by atoms with Gasteiger partial charge in [-0.2, -0.15) is 9.61 Å². The Morgan fingerprint density at radius 1 is 1.37 bits per heavy atom. The predicted octanol–water partition coefficient (Wildman–Crippen LogP) is 1.17. The Morgan fingerprint density at radius 2 is 2.26 bits per heavy atom. The first-order valence-corrected chi connectivity index (χ1v) is 7.48. The molecule has 0 bridgehead atoms. The van der Waals surface area contributed by atoms with Gasteiger partial charge in [0.1, 0.15) is 5.01 Å². The minimum absolute atomic E-state index is 0.220. The van der Waals surface area contributed by atoms with E-state index in [1.165, 1.54) is 27.2 Å². The Bertz CT molecular complexity index is 746. The quantitative estimate of drug-likeness (QED) is 0.780. The van der Waals surface area contributed by atoms with Gasteiger partial charge in [0.15, 0.2) is 5.69 Å². The molecule has 98 valence electrons. The number of rotatable bonds is 4. The average molecular weight is 293 g/mol. The second kappa shape index (κ2) is 5.16. The van der Waals surface area contributed by atoms with Gasteiger partial charge in [0.25, 0.3) is 0 Å². The summed E-state index contributed by atoms with van der Waals surface area (Å²) in [5.41, 5.74) is 5.60. The second-order valence-electron chi connectivity index (χ2n) is 3.91. The summed E-state index contributed by atoms with van der Waals surface area (Å²) < 4.78 is 1.33. The van der Waals surface area contributed by atoms with Crippen LogP contribution in [0, 0.1) is 0 Å². The molecule has 0 saturated carbocycles. The van der Waals surface area contributed by atoms with Crippen LogP contribution in [0.15, 0.2) is 22.3 Å². The molecule has 6 nitrogen and oxygen atoms in total. The number of fused-ring (bicyclic) bond motifs is 1. The lowest BCUT2D eigenvalue weighted by Crippen LogP contribution is -2.18. The van der Waals surface area contributed by atoms with Gasteiger partial charge in [0.2, 0.25) is 4.96 Å². The molecule has 3 rings (SSSR count). The van der Waals surface area contributed by atoms with E-state index in [1.54, 1.807) is 0 Å². The van der Waals surface area contributed by atoms with Crippen molar-refractivity contribution in [1.29, 1.82) is 0 Å². The number of hydrogen-bond acceptors (Lipinski definition) is 7. The van der Waals surface area contributed by atoms with Gasteiger partial charge in [-0.15, -0.1) is 21.5 Å². The molecule has 19 heavy (non-hydrogen) atoms. The fraction of sp³-hybridized carbons (Fsp3) is 0.273. The molecule has 3 heterocycles. The average Bonchev–Trinajstić information content (AvgIpc) is 3.05. The van der Waals surface area contributed by atoms with Gasteiger partial charge in [-0.3, -0.25) is 4.79 Å². The maximum atomic E-state index is 12.3. The van der Waals surface area contributed by atoms with Crippen molar-refractivity contribution in [3.63, 3.8) is 0 Å². The van der Waals surface area contributed by atoms with E-state index in [2.05, 4.69) is 15.3 Å². The van der Waals surface area contributed by atoms with Crippen LogP contribution in [-0.4, -0.2) is 26.4 Å². The Labute approximate surface area is 116 Å². The molecule has 0 radical (unpaired) electrons. The van der Waals surface area contributed by atoms with Gasteiger partial charge in [-0.25, -0.2) is 0 Å². The second-order valence-corrected chi connectivity index (χ2v) is 5.90. The molecule has 3 aromatic rings. The van der Waals surface area contributed by atoms with E-state index < -0.39 is 0 Å². The lowest BCUT2D eigenvalue weighted by molar-refractivity contribution is 0.780. The number of nitrogens with zero attached hydrogens (tertiary/aromatic N) is 4. The van der Waals surface area contributed by atoms with Crippen molar-refractivity contribution < 1.29 is 0 Å². The maximum absolute atomic E-state index is 12.3. The summed E-state index contributed by atoms with van der Waals surface area (Å²) in [7, 11) is 0. The molecule has 0 fully saturated rings. The summed E-state index contributed by atoms with van der Waals surface area (Å²) in [5.74, 6) is 0. The van der Waals surface area contributed by atoms with Crippen LogP contribution in [-0.2, 0) is 6.42 Å². The van der Waals surface area contributed by atoms with Gasteiger partial charge in [-0.1, -0.05) is 17.4 Å². The minimum atomic E-state index is -0.220. The lowest BCUT2D eigenvalue weighted by Gasteiger charge is -1.94. The van der Waals surface area contributed by atoms with Crippen molar-refractivity contribution in [2.24, 2.45) is 5.73 Å². The van der Waals surface area contributed by atoms with Crippen LogP contribution in [0.3, 0.4) is 0 Å². The summed E-state index contributed by atoms with van der Waals surface area (Å²) in [5, 5.41) is 15.1. The molecule has 0 spiro atoms. The molecule has 0 unspecified atom stereocenters. The lowest BCUT2D eigenvalue weighted by atomic mass is 10.3. The Morgan fingerprint density at radius 3 is 3.00 bits per heavy atom. The topological polar surface area (TPSA) is 86.2 Å². The SMILES string of the molecule is NCCCc1nn2c(=O)c(-c3cccs3)nnc2s1. The molecule has 0 aliphatic rings. The van der Waals surface area contributed by atoms with Crippen molar-refractivity contribution in [3.05, 3.63) is 32.9 Å². The largest absolute Gasteiger partial charge is 0.330 e. The number of aromatic nitrogens is 4. The number of thiophene rings is 1. The van der Waals surface area contributed by atoms with Crippen LogP contribution < -0.4 is 11.3 Å². The smallest absolute Gasteiger partial charge is 0.302 e. The molecule has 8 heteroatoms. The normalized spacial score (nSPS) is 11.2. The third-order valence-corrected chi connectivity index (χ3v) is 4.42. The van der Waals surface area contributed by atoms with Gasteiger partial charge in [0, 0.05) is 6.42 Å². The molecule has 3 aromatic heterocycles. The monoisotopic (exact) mass is 293 g/mol. The van der Waals surface area contributed by atoms with E-state index in [0.717, 1.165) is 22.7 Å². The Balaban J connectivity index is 2.09. The standard InChI is InChI=1S/C11H11N5OS2/c12-5-1-4-8-15-16-10(17)9(7-3-2-6-18-7)13-14-11(16)19-8/h2-3,6H,1,4-5,12H2. The molecule has 0 aliphatic heterocycles. The summed E-state index contributed by atoms with van der Waals surface area (Å²) in [6.45, 7) is 0.608. The fourth-order valence-corrected chi connectivity index (χ4v) is 3.25. The van der Waals surface area contributed by atoms with Crippen LogP contribution in [0.5, 0.6) is 0 Å². The van der Waals surface area contributed by atoms with E-state index in [1.807, 2.05) is 17.5 Å². The van der Waals surface area contributed by atoms with Crippen molar-refractivity contribution in [2.75, 3.05) is 6.54 Å². The van der Waals surface area contributed by atoms with Crippen LogP contribution in [0.1, 0.15) is 11.4 Å². The van der Waals surface area contributed by atoms with E-state index >= 15 is 0 Å². The molecule has 0 saturated heterocycles. The predicted molar refractivity (Wildman–Crippen MR) is 75.6 cm³/mol. The highest BCUT2D eigenvalue weighted by Crippen LogP contribution is 2.20. The van der Waals surface area contributed by atoms with Gasteiger partial charge >= 0.3 is 5.56 Å². The third kappa shape index (κ3) is 2.29. The van der Waals surface area contributed by atoms with Crippen molar-refractivity contribution in [2.45, 2.75) is 12.8 Å². The number of hydrogen-bond donors (Lipinski definition) is 1. The van der Waals surface area contributed by atoms with Gasteiger partial charge < -0.3 is 5.73 Å². The zero-order valence-electron chi connectivity index (χ0n) is 9.94. The first kappa shape index (κ1) is 12.4. The van der Waals surface area contributed by atoms with E-state index in [0.29, 0.717) is 17.2 Å². The van der Waals surface area contributed by atoms with Crippen molar-refractivity contribution in [3.8, 4) is 10.6 Å². The molecule has 0 atom stereocenters. The highest BCUT2D eigenvalue weighted by molar-refractivity contribution is 7.16. The van der Waals surface area contributed by atoms with Crippen LogP contribution in [0.25, 0.3) is 15.5 Å². The van der Waals surface area contributed by atoms with Gasteiger partial charge in [-0.05, 0) is 24.4 Å².